The van der Waals surface area contributed by atoms with E-state index in [1.54, 1.807) is 12.8 Å². The van der Waals surface area contributed by atoms with Crippen molar-refractivity contribution < 1.29 is 24.6 Å². The predicted octanol–water partition coefficient (Wildman–Crippen LogP) is 1.83. The molecule has 0 unspecified atom stereocenters. The minimum atomic E-state index is 0. The van der Waals surface area contributed by atoms with Crippen LogP contribution < -0.4 is 0 Å². The molecular formula is C11H15ORh. The fraction of sp³-hybridized carbons (Fsp3) is 0.182. The molecule has 0 atom stereocenters. The molecule has 1 aliphatic rings. The summed E-state index contributed by atoms with van der Waals surface area (Å²) < 4.78 is 0. The molecule has 13 heavy (non-hydrogen) atoms. The van der Waals surface area contributed by atoms with Gasteiger partial charge in [0.05, 0.1) is 0 Å². The van der Waals surface area contributed by atoms with Gasteiger partial charge in [-0.25, -0.2) is 0 Å². The second-order valence-corrected chi connectivity index (χ2v) is 2.10. The van der Waals surface area contributed by atoms with Crippen molar-refractivity contribution in [2.75, 3.05) is 6.61 Å². The van der Waals surface area contributed by atoms with Gasteiger partial charge in [0.15, 0.2) is 0 Å². The molecule has 1 N–H and O–H groups in total. The number of hydrogen-bond acceptors (Lipinski definition) is 1. The molecule has 0 aromatic carbocycles. The summed E-state index contributed by atoms with van der Waals surface area (Å²) in [7, 11) is 0. The summed E-state index contributed by atoms with van der Waals surface area (Å²) in [5.74, 6) is 0. The third-order valence-corrected chi connectivity index (χ3v) is 1.10. The van der Waals surface area contributed by atoms with Gasteiger partial charge in [0.1, 0.15) is 0 Å². The van der Waals surface area contributed by atoms with Crippen LogP contribution in [-0.2, 0) is 19.5 Å². The first-order valence-corrected chi connectivity index (χ1v) is 3.97. The molecule has 1 nitrogen and oxygen atoms in total. The Hall–Kier alpha value is 0.583. The van der Waals surface area contributed by atoms with Crippen LogP contribution in [0.25, 0.3) is 0 Å². The summed E-state index contributed by atoms with van der Waals surface area (Å²) in [6, 6.07) is 0. The molecule has 0 saturated heterocycles. The minimum Gasteiger partial charge on any atom is -0.396 e. The molecule has 1 saturated carbocycles. The first kappa shape index (κ1) is 16.0. The normalized spacial score (nSPS) is 14.3. The predicted molar refractivity (Wildman–Crippen MR) is 51.5 cm³/mol. The van der Waals surface area contributed by atoms with Gasteiger partial charge in [-0.1, -0.05) is 6.92 Å². The van der Waals surface area contributed by atoms with E-state index in [4.69, 9.17) is 5.11 Å². The Morgan fingerprint density at radius 3 is 1.77 bits per heavy atom. The first-order chi connectivity index (χ1) is 5.91. The van der Waals surface area contributed by atoms with E-state index >= 15 is 0 Å². The fourth-order valence-electron chi connectivity index (χ4n) is 0.571. The van der Waals surface area contributed by atoms with Crippen LogP contribution in [0.1, 0.15) is 6.92 Å². The SMILES string of the molecule is C[CH][CH][CH][CH]CO.[CH]1[CH][CH][CH][CH]1.[Rh]. The van der Waals surface area contributed by atoms with Crippen molar-refractivity contribution >= 4 is 0 Å². The molecule has 10 radical (unpaired) electrons. The van der Waals surface area contributed by atoms with Crippen molar-refractivity contribution in [3.05, 3.63) is 57.8 Å². The maximum atomic E-state index is 8.17. The van der Waals surface area contributed by atoms with E-state index in [0.717, 1.165) is 0 Å². The Kier molecular flexibility index (Phi) is 18.6. The van der Waals surface area contributed by atoms with Gasteiger partial charge in [-0.15, -0.1) is 0 Å². The smallest absolute Gasteiger partial charge is 0.0465 e. The van der Waals surface area contributed by atoms with E-state index in [2.05, 4.69) is 0 Å². The molecule has 0 heterocycles. The Labute approximate surface area is 96.1 Å². The van der Waals surface area contributed by atoms with Crippen LogP contribution in [0.15, 0.2) is 0 Å². The number of aliphatic hydroxyl groups is 1. The zero-order chi connectivity index (χ0) is 9.07. The van der Waals surface area contributed by atoms with Crippen LogP contribution in [0.5, 0.6) is 0 Å². The van der Waals surface area contributed by atoms with Crippen LogP contribution in [0.2, 0.25) is 0 Å². The summed E-state index contributed by atoms with van der Waals surface area (Å²) in [5.41, 5.74) is 0. The Morgan fingerprint density at radius 1 is 1.00 bits per heavy atom. The summed E-state index contributed by atoms with van der Waals surface area (Å²) in [6.07, 6.45) is 17.3. The maximum Gasteiger partial charge on any atom is 0.0465 e. The zero-order valence-electron chi connectivity index (χ0n) is 7.68. The van der Waals surface area contributed by atoms with Crippen LogP contribution in [0.3, 0.4) is 0 Å². The standard InChI is InChI=1S/C6H10O.C5H5.Rh/c1-2-3-4-5-6-7;1-2-4-5-3-1;/h2-5,7H,6H2,1H3;1-5H;. The fourth-order valence-corrected chi connectivity index (χ4v) is 0.571. The monoisotopic (exact) mass is 266 g/mol. The van der Waals surface area contributed by atoms with Crippen molar-refractivity contribution in [2.24, 2.45) is 0 Å². The third kappa shape index (κ3) is 15.3. The molecule has 0 spiro atoms. The molecule has 0 bridgehead atoms. The van der Waals surface area contributed by atoms with Crippen molar-refractivity contribution in [1.29, 1.82) is 0 Å². The van der Waals surface area contributed by atoms with Crippen LogP contribution in [0, 0.1) is 57.8 Å². The molecular weight excluding hydrogens is 251 g/mol. The molecule has 0 aliphatic heterocycles. The molecule has 1 rings (SSSR count). The van der Waals surface area contributed by atoms with Gasteiger partial charge in [-0.2, -0.15) is 0 Å². The largest absolute Gasteiger partial charge is 0.396 e. The summed E-state index contributed by atoms with van der Waals surface area (Å²) in [5, 5.41) is 8.17. The number of unbranched alkanes of at least 4 members (excludes halogenated alkanes) is 3. The molecule has 1 aliphatic carbocycles. The second kappa shape index (κ2) is 15.1. The van der Waals surface area contributed by atoms with Gasteiger partial charge in [-0.3, -0.25) is 0 Å². The quantitative estimate of drug-likeness (QED) is 0.608. The van der Waals surface area contributed by atoms with Gasteiger partial charge in [0.25, 0.3) is 0 Å². The number of hydrogen-bond donors (Lipinski definition) is 1. The average molecular weight is 266 g/mol. The summed E-state index contributed by atoms with van der Waals surface area (Å²) >= 11 is 0. The Balaban J connectivity index is 0. The minimum absolute atomic E-state index is 0. The van der Waals surface area contributed by atoms with Crippen LogP contribution in [0.4, 0.5) is 0 Å². The van der Waals surface area contributed by atoms with Crippen LogP contribution in [-0.4, -0.2) is 11.7 Å². The van der Waals surface area contributed by atoms with E-state index in [0.29, 0.717) is 0 Å². The van der Waals surface area contributed by atoms with Crippen molar-refractivity contribution in [3.63, 3.8) is 0 Å². The molecule has 0 aromatic heterocycles. The van der Waals surface area contributed by atoms with Gasteiger partial charge in [0.2, 0.25) is 0 Å². The number of aliphatic hydroxyl groups excluding tert-OH is 1. The Morgan fingerprint density at radius 2 is 1.46 bits per heavy atom. The molecule has 74 valence electrons. The van der Waals surface area contributed by atoms with Gasteiger partial charge < -0.3 is 5.11 Å². The van der Waals surface area contributed by atoms with E-state index < -0.39 is 0 Å². The van der Waals surface area contributed by atoms with E-state index in [-0.39, 0.29) is 26.1 Å². The van der Waals surface area contributed by atoms with Crippen molar-refractivity contribution in [3.8, 4) is 0 Å². The van der Waals surface area contributed by atoms with Gasteiger partial charge >= 0.3 is 0 Å². The Bertz CT molecular complexity index is 60.9. The van der Waals surface area contributed by atoms with Crippen LogP contribution >= 0.6 is 0 Å². The van der Waals surface area contributed by atoms with Gasteiger partial charge in [-0.05, 0) is 57.8 Å². The molecule has 0 aromatic rings. The molecule has 1 fully saturated rings. The maximum absolute atomic E-state index is 8.17. The average Bonchev–Trinajstić information content (AvgIpc) is 2.62. The molecule has 2 heteroatoms. The zero-order valence-corrected chi connectivity index (χ0v) is 9.32. The van der Waals surface area contributed by atoms with Crippen molar-refractivity contribution in [2.45, 2.75) is 6.92 Å². The third-order valence-electron chi connectivity index (χ3n) is 1.10. The first-order valence-electron chi connectivity index (χ1n) is 3.97. The summed E-state index contributed by atoms with van der Waals surface area (Å²) in [4.78, 5) is 0. The molecule has 0 amide bonds. The van der Waals surface area contributed by atoms with E-state index in [1.807, 2.05) is 51.9 Å². The number of rotatable bonds is 4. The topological polar surface area (TPSA) is 20.2 Å². The van der Waals surface area contributed by atoms with E-state index in [1.165, 1.54) is 0 Å². The van der Waals surface area contributed by atoms with Crippen molar-refractivity contribution in [1.82, 2.24) is 0 Å². The van der Waals surface area contributed by atoms with E-state index in [9.17, 15) is 0 Å². The second-order valence-electron chi connectivity index (χ2n) is 2.10. The summed E-state index contributed by atoms with van der Waals surface area (Å²) in [6.45, 7) is 2.06. The van der Waals surface area contributed by atoms with Gasteiger partial charge in [0, 0.05) is 26.1 Å².